The second kappa shape index (κ2) is 11.2. The van der Waals surface area contributed by atoms with Gasteiger partial charge in [-0.3, -0.25) is 4.79 Å². The number of H-pyrrole nitrogens is 1. The van der Waals surface area contributed by atoms with Gasteiger partial charge in [-0.15, -0.1) is 0 Å². The highest BCUT2D eigenvalue weighted by Gasteiger charge is 2.16. The number of aryl methyl sites for hydroxylation is 1. The van der Waals surface area contributed by atoms with Crippen molar-refractivity contribution < 1.29 is 13.9 Å². The Hall–Kier alpha value is -3.91. The summed E-state index contributed by atoms with van der Waals surface area (Å²) in [5.74, 6) is 0.795. The average molecular weight is 506 g/mol. The summed E-state index contributed by atoms with van der Waals surface area (Å²) in [6.07, 6.45) is 0.744. The molecule has 8 heteroatoms. The van der Waals surface area contributed by atoms with Crippen LogP contribution in [0.5, 0.6) is 11.5 Å². The van der Waals surface area contributed by atoms with Crippen LogP contribution in [-0.4, -0.2) is 35.8 Å². The van der Waals surface area contributed by atoms with Crippen molar-refractivity contribution in [1.29, 1.82) is 0 Å². The van der Waals surface area contributed by atoms with Crippen molar-refractivity contribution in [1.82, 2.24) is 9.88 Å². The lowest BCUT2D eigenvalue weighted by Crippen LogP contribution is -2.37. The molecule has 2 N–H and O–H groups in total. The summed E-state index contributed by atoms with van der Waals surface area (Å²) in [4.78, 5) is 17.9. The highest BCUT2D eigenvalue weighted by Crippen LogP contribution is 2.31. The van der Waals surface area contributed by atoms with E-state index in [1.165, 1.54) is 23.3 Å². The minimum absolute atomic E-state index is 0.208. The summed E-state index contributed by atoms with van der Waals surface area (Å²) in [7, 11) is 3.13. The molecule has 0 fully saturated rings. The Bertz CT molecular complexity index is 1440. The number of fused-ring (bicyclic) bond motifs is 1. The maximum absolute atomic E-state index is 13.4. The van der Waals surface area contributed by atoms with E-state index in [4.69, 9.17) is 21.7 Å². The molecule has 0 saturated heterocycles. The zero-order valence-corrected chi connectivity index (χ0v) is 21.2. The van der Waals surface area contributed by atoms with E-state index in [2.05, 4.69) is 29.4 Å². The van der Waals surface area contributed by atoms with Crippen LogP contribution in [0.15, 0.2) is 71.5 Å². The lowest BCUT2D eigenvalue weighted by molar-refractivity contribution is 0.355. The van der Waals surface area contributed by atoms with Gasteiger partial charge in [-0.05, 0) is 73.1 Å². The minimum Gasteiger partial charge on any atom is -0.493 e. The maximum Gasteiger partial charge on any atom is 0.253 e. The van der Waals surface area contributed by atoms with E-state index >= 15 is 0 Å². The van der Waals surface area contributed by atoms with Crippen LogP contribution in [0.25, 0.3) is 10.9 Å². The fourth-order valence-electron chi connectivity index (χ4n) is 4.04. The van der Waals surface area contributed by atoms with E-state index in [-0.39, 0.29) is 11.4 Å². The second-order valence-corrected chi connectivity index (χ2v) is 8.84. The Kier molecular flexibility index (Phi) is 7.85. The van der Waals surface area contributed by atoms with Crippen LogP contribution in [0.1, 0.15) is 16.7 Å². The first-order valence-corrected chi connectivity index (χ1v) is 11.9. The van der Waals surface area contributed by atoms with Gasteiger partial charge in [0.15, 0.2) is 16.6 Å². The number of halogens is 1. The Morgan fingerprint density at radius 3 is 2.39 bits per heavy atom. The summed E-state index contributed by atoms with van der Waals surface area (Å²) in [5.41, 5.74) is 4.07. The topological polar surface area (TPSA) is 66.6 Å². The normalized spacial score (nSPS) is 10.8. The van der Waals surface area contributed by atoms with E-state index in [0.717, 1.165) is 11.8 Å². The first-order chi connectivity index (χ1) is 17.4. The highest BCUT2D eigenvalue weighted by molar-refractivity contribution is 7.80. The van der Waals surface area contributed by atoms with Gasteiger partial charge in [-0.2, -0.15) is 0 Å². The summed E-state index contributed by atoms with van der Waals surface area (Å²) in [5, 5.41) is 4.44. The Balaban J connectivity index is 1.64. The Morgan fingerprint density at radius 1 is 1.00 bits per heavy atom. The highest BCUT2D eigenvalue weighted by atomic mass is 32.1. The molecule has 0 amide bonds. The predicted molar refractivity (Wildman–Crippen MR) is 146 cm³/mol. The molecule has 1 heterocycles. The van der Waals surface area contributed by atoms with Crippen molar-refractivity contribution in [2.75, 3.05) is 26.1 Å². The summed E-state index contributed by atoms with van der Waals surface area (Å²) >= 11 is 5.72. The molecule has 36 heavy (non-hydrogen) atoms. The number of nitrogens with zero attached hydrogens (tertiary/aromatic N) is 1. The summed E-state index contributed by atoms with van der Waals surface area (Å²) in [6, 6.07) is 19.6. The molecule has 0 atom stereocenters. The average Bonchev–Trinajstić information content (AvgIpc) is 2.88. The van der Waals surface area contributed by atoms with Crippen LogP contribution in [0.3, 0.4) is 0 Å². The van der Waals surface area contributed by atoms with Crippen LogP contribution >= 0.6 is 12.2 Å². The Morgan fingerprint density at radius 2 is 1.69 bits per heavy atom. The quantitative estimate of drug-likeness (QED) is 0.311. The second-order valence-electron chi connectivity index (χ2n) is 8.45. The Labute approximate surface area is 214 Å². The largest absolute Gasteiger partial charge is 0.493 e. The van der Waals surface area contributed by atoms with Crippen molar-refractivity contribution in [3.8, 4) is 11.5 Å². The third kappa shape index (κ3) is 5.83. The summed E-state index contributed by atoms with van der Waals surface area (Å²) in [6.45, 7) is 2.95. The molecule has 1 aromatic heterocycles. The predicted octanol–water partition coefficient (Wildman–Crippen LogP) is 5.43. The molecular weight excluding hydrogens is 477 g/mol. The lowest BCUT2D eigenvalue weighted by Gasteiger charge is -2.26. The summed E-state index contributed by atoms with van der Waals surface area (Å²) < 4.78 is 24.1. The first kappa shape index (κ1) is 25.2. The number of pyridine rings is 1. The van der Waals surface area contributed by atoms with E-state index in [9.17, 15) is 9.18 Å². The molecule has 6 nitrogen and oxygen atoms in total. The molecule has 0 saturated carbocycles. The van der Waals surface area contributed by atoms with E-state index in [1.807, 2.05) is 29.2 Å². The molecule has 0 spiro atoms. The van der Waals surface area contributed by atoms with Crippen molar-refractivity contribution in [3.05, 3.63) is 99.6 Å². The van der Waals surface area contributed by atoms with Crippen LogP contribution in [0.2, 0.25) is 0 Å². The van der Waals surface area contributed by atoms with Crippen LogP contribution in [0, 0.1) is 12.7 Å². The van der Waals surface area contributed by atoms with Gasteiger partial charge in [0.1, 0.15) is 5.82 Å². The fourth-order valence-corrected chi connectivity index (χ4v) is 4.31. The molecule has 0 aliphatic heterocycles. The van der Waals surface area contributed by atoms with E-state index < -0.39 is 0 Å². The molecule has 4 rings (SSSR count). The third-order valence-electron chi connectivity index (χ3n) is 6.08. The number of hydrogen-bond donors (Lipinski definition) is 2. The van der Waals surface area contributed by atoms with Crippen molar-refractivity contribution >= 4 is 33.9 Å². The maximum atomic E-state index is 13.4. The zero-order chi connectivity index (χ0) is 25.7. The van der Waals surface area contributed by atoms with Gasteiger partial charge in [-0.25, -0.2) is 4.39 Å². The number of aromatic amines is 1. The number of aromatic nitrogens is 1. The van der Waals surface area contributed by atoms with Gasteiger partial charge in [0.05, 0.1) is 26.3 Å². The minimum atomic E-state index is -0.322. The molecule has 0 unspecified atom stereocenters. The lowest BCUT2D eigenvalue weighted by atomic mass is 10.1. The van der Waals surface area contributed by atoms with Gasteiger partial charge in [0.25, 0.3) is 5.56 Å². The molecule has 0 aliphatic rings. The van der Waals surface area contributed by atoms with Crippen LogP contribution in [-0.2, 0) is 13.0 Å². The monoisotopic (exact) mass is 505 g/mol. The van der Waals surface area contributed by atoms with Gasteiger partial charge < -0.3 is 24.7 Å². The first-order valence-electron chi connectivity index (χ1n) is 11.5. The third-order valence-corrected chi connectivity index (χ3v) is 6.44. The number of thiocarbonyl (C=S) groups is 1. The molecular formula is C28H28FN3O3S. The van der Waals surface area contributed by atoms with Crippen LogP contribution < -0.4 is 20.3 Å². The van der Waals surface area contributed by atoms with Crippen molar-refractivity contribution in [2.24, 2.45) is 0 Å². The smallest absolute Gasteiger partial charge is 0.253 e. The van der Waals surface area contributed by atoms with Gasteiger partial charge in [0, 0.05) is 29.2 Å². The number of methoxy groups -OCH3 is 2. The molecule has 0 radical (unpaired) electrons. The standard InChI is InChI=1S/C28H28FN3O3S/c1-18-6-4-5-7-19(18)12-13-32(28(36)30-23-10-8-22(29)9-11-23)17-21-14-20-15-25(34-2)26(35-3)16-24(20)31-27(21)33/h4-11,14-16H,12-13,17H2,1-3H3,(H,30,36)(H,31,33). The number of nitrogens with one attached hydrogen (secondary N) is 2. The van der Waals surface area contributed by atoms with Crippen molar-refractivity contribution in [3.63, 3.8) is 0 Å². The van der Waals surface area contributed by atoms with Gasteiger partial charge >= 0.3 is 0 Å². The van der Waals surface area contributed by atoms with Crippen LogP contribution in [0.4, 0.5) is 10.1 Å². The molecule has 186 valence electrons. The fraction of sp³-hybridized carbons (Fsp3) is 0.214. The van der Waals surface area contributed by atoms with E-state index in [0.29, 0.717) is 46.5 Å². The van der Waals surface area contributed by atoms with E-state index in [1.54, 1.807) is 32.4 Å². The van der Waals surface area contributed by atoms with Gasteiger partial charge in [0.2, 0.25) is 0 Å². The SMILES string of the molecule is COc1cc2cc(CN(CCc3ccccc3C)C(=S)Nc3ccc(F)cc3)c(=O)[nH]c2cc1OC. The van der Waals surface area contributed by atoms with Crippen molar-refractivity contribution in [2.45, 2.75) is 19.9 Å². The number of hydrogen-bond acceptors (Lipinski definition) is 4. The molecule has 3 aromatic carbocycles. The molecule has 0 aliphatic carbocycles. The number of anilines is 1. The number of rotatable bonds is 8. The van der Waals surface area contributed by atoms with Gasteiger partial charge in [-0.1, -0.05) is 24.3 Å². The number of ether oxygens (including phenoxy) is 2. The molecule has 4 aromatic rings. The molecule has 0 bridgehead atoms. The zero-order valence-electron chi connectivity index (χ0n) is 20.4. The number of benzene rings is 3.